The summed E-state index contributed by atoms with van der Waals surface area (Å²) in [5.41, 5.74) is 0.129. The first-order valence-electron chi connectivity index (χ1n) is 9.53. The second-order valence-electron chi connectivity index (χ2n) is 6.99. The zero-order valence-corrected chi connectivity index (χ0v) is 16.0. The number of nitrogens with one attached hydrogen (secondary N) is 5. The topological polar surface area (TPSA) is 111 Å². The zero-order chi connectivity index (χ0) is 21.0. The molecule has 2 aromatic rings. The molecule has 0 radical (unpaired) electrons. The second-order valence-corrected chi connectivity index (χ2v) is 6.99. The maximum Gasteiger partial charge on any atom is 0.321 e. The van der Waals surface area contributed by atoms with Gasteiger partial charge in [-0.1, -0.05) is 48.6 Å². The van der Waals surface area contributed by atoms with Gasteiger partial charge in [-0.2, -0.15) is 0 Å². The van der Waals surface area contributed by atoms with Crippen molar-refractivity contribution in [2.45, 2.75) is 12.1 Å². The minimum atomic E-state index is -1.64. The van der Waals surface area contributed by atoms with Gasteiger partial charge in [0.1, 0.15) is 0 Å². The number of carbonyl (C=O) groups excluding carboxylic acids is 3. The standard InChI is InChI=1S/C22H21N5O3/c28-19-22(17-13-7-8-14-18(17)25-19,26-20(29)23-15-9-3-1-4-10-15)27-21(30)24-16-11-5-2-6-12-16/h1-12,14,17H,13H2,(H,25,28)(H2,23,26,29)(H2,24,27,30). The monoisotopic (exact) mass is 403 g/mol. The average molecular weight is 403 g/mol. The van der Waals surface area contributed by atoms with Crippen LogP contribution in [0, 0.1) is 5.92 Å². The summed E-state index contributed by atoms with van der Waals surface area (Å²) in [7, 11) is 0. The van der Waals surface area contributed by atoms with E-state index in [1.165, 1.54) is 0 Å². The summed E-state index contributed by atoms with van der Waals surface area (Å²) in [6.45, 7) is 0. The number of amides is 5. The number of hydrogen-bond acceptors (Lipinski definition) is 3. The Labute approximate surface area is 173 Å². The molecule has 5 N–H and O–H groups in total. The van der Waals surface area contributed by atoms with Crippen LogP contribution >= 0.6 is 0 Å². The molecule has 8 heteroatoms. The first-order chi connectivity index (χ1) is 14.6. The molecule has 5 amide bonds. The summed E-state index contributed by atoms with van der Waals surface area (Å²) in [5.74, 6) is -0.966. The van der Waals surface area contributed by atoms with Crippen molar-refractivity contribution in [3.63, 3.8) is 0 Å². The minimum absolute atomic E-state index is 0.460. The number of rotatable bonds is 4. The molecule has 30 heavy (non-hydrogen) atoms. The highest BCUT2D eigenvalue weighted by molar-refractivity contribution is 6.02. The molecule has 1 aliphatic carbocycles. The fourth-order valence-corrected chi connectivity index (χ4v) is 3.60. The first-order valence-corrected chi connectivity index (χ1v) is 9.53. The highest BCUT2D eigenvalue weighted by Crippen LogP contribution is 2.34. The molecule has 1 atom stereocenters. The molecule has 1 saturated heterocycles. The third-order valence-corrected chi connectivity index (χ3v) is 4.98. The van der Waals surface area contributed by atoms with E-state index in [1.807, 2.05) is 24.3 Å². The van der Waals surface area contributed by atoms with Crippen LogP contribution in [-0.4, -0.2) is 23.6 Å². The Hall–Kier alpha value is -4.07. The van der Waals surface area contributed by atoms with Crippen molar-refractivity contribution in [1.82, 2.24) is 16.0 Å². The van der Waals surface area contributed by atoms with E-state index in [4.69, 9.17) is 0 Å². The van der Waals surface area contributed by atoms with Gasteiger partial charge in [0.05, 0.1) is 5.92 Å². The molecule has 0 saturated carbocycles. The van der Waals surface area contributed by atoms with Crippen LogP contribution in [0.4, 0.5) is 21.0 Å². The molecular weight excluding hydrogens is 382 g/mol. The van der Waals surface area contributed by atoms with Gasteiger partial charge in [0, 0.05) is 17.1 Å². The van der Waals surface area contributed by atoms with Crippen molar-refractivity contribution in [3.8, 4) is 0 Å². The van der Waals surface area contributed by atoms with Crippen molar-refractivity contribution in [1.29, 1.82) is 0 Å². The van der Waals surface area contributed by atoms with Gasteiger partial charge in [-0.3, -0.25) is 4.79 Å². The Bertz CT molecular complexity index is 962. The van der Waals surface area contributed by atoms with Crippen molar-refractivity contribution < 1.29 is 14.4 Å². The van der Waals surface area contributed by atoms with E-state index in [2.05, 4.69) is 26.6 Å². The van der Waals surface area contributed by atoms with Crippen LogP contribution in [-0.2, 0) is 4.79 Å². The van der Waals surface area contributed by atoms with Crippen LogP contribution in [0.15, 0.2) is 84.6 Å². The lowest BCUT2D eigenvalue weighted by molar-refractivity contribution is -0.125. The molecule has 0 aromatic heterocycles. The van der Waals surface area contributed by atoms with Crippen LogP contribution in [0.5, 0.6) is 0 Å². The Kier molecular flexibility index (Phi) is 5.21. The molecule has 0 spiro atoms. The summed E-state index contributed by atoms with van der Waals surface area (Å²) < 4.78 is 0. The van der Waals surface area contributed by atoms with Crippen LogP contribution in [0.1, 0.15) is 6.42 Å². The number of fused-ring (bicyclic) bond motifs is 1. The molecule has 2 aliphatic rings. The summed E-state index contributed by atoms with van der Waals surface area (Å²) in [4.78, 5) is 38.4. The summed E-state index contributed by atoms with van der Waals surface area (Å²) in [6.07, 6.45) is 5.95. The average Bonchev–Trinajstić information content (AvgIpc) is 3.00. The van der Waals surface area contributed by atoms with Gasteiger partial charge in [-0.05, 0) is 36.8 Å². The lowest BCUT2D eigenvalue weighted by atomic mass is 9.87. The van der Waals surface area contributed by atoms with E-state index < -0.39 is 29.6 Å². The number of anilines is 2. The lowest BCUT2D eigenvalue weighted by Gasteiger charge is -2.34. The third-order valence-electron chi connectivity index (χ3n) is 4.98. The number of urea groups is 2. The SMILES string of the molecule is O=C(Nc1ccccc1)NC1(NC(=O)Nc2ccccc2)C(=O)NC2=CC=CCC21. The maximum atomic E-state index is 13.0. The molecule has 1 heterocycles. The van der Waals surface area contributed by atoms with Gasteiger partial charge in [-0.15, -0.1) is 0 Å². The number of benzene rings is 2. The molecule has 4 rings (SSSR count). The van der Waals surface area contributed by atoms with Crippen LogP contribution < -0.4 is 26.6 Å². The van der Waals surface area contributed by atoms with Gasteiger partial charge >= 0.3 is 12.1 Å². The third kappa shape index (κ3) is 3.88. The zero-order valence-electron chi connectivity index (χ0n) is 16.0. The first kappa shape index (κ1) is 19.3. The van der Waals surface area contributed by atoms with Gasteiger partial charge in [0.2, 0.25) is 5.66 Å². The molecule has 0 bridgehead atoms. The van der Waals surface area contributed by atoms with Gasteiger partial charge in [0.25, 0.3) is 5.91 Å². The highest BCUT2D eigenvalue weighted by atomic mass is 16.2. The minimum Gasteiger partial charge on any atom is -0.326 e. The van der Waals surface area contributed by atoms with Gasteiger partial charge < -0.3 is 26.6 Å². The maximum absolute atomic E-state index is 13.0. The summed E-state index contributed by atoms with van der Waals surface area (Å²) in [5, 5.41) is 13.6. The number of hydrogen-bond donors (Lipinski definition) is 5. The fraction of sp³-hybridized carbons (Fsp3) is 0.136. The fourth-order valence-electron chi connectivity index (χ4n) is 3.60. The van der Waals surface area contributed by atoms with Crippen molar-refractivity contribution >= 4 is 29.3 Å². The van der Waals surface area contributed by atoms with E-state index in [0.29, 0.717) is 23.5 Å². The summed E-state index contributed by atoms with van der Waals surface area (Å²) in [6, 6.07) is 16.5. The predicted octanol–water partition coefficient (Wildman–Crippen LogP) is 2.92. The smallest absolute Gasteiger partial charge is 0.321 e. The normalized spacial score (nSPS) is 18.5. The largest absolute Gasteiger partial charge is 0.326 e. The quantitative estimate of drug-likeness (QED) is 0.506. The number of carbonyl (C=O) groups is 3. The van der Waals surface area contributed by atoms with E-state index in [-0.39, 0.29) is 0 Å². The highest BCUT2D eigenvalue weighted by Gasteiger charge is 2.55. The van der Waals surface area contributed by atoms with Crippen LogP contribution in [0.2, 0.25) is 0 Å². The van der Waals surface area contributed by atoms with E-state index in [0.717, 1.165) is 0 Å². The van der Waals surface area contributed by atoms with E-state index in [1.54, 1.807) is 54.6 Å². The predicted molar refractivity (Wildman–Crippen MR) is 113 cm³/mol. The molecule has 1 unspecified atom stereocenters. The molecule has 152 valence electrons. The van der Waals surface area contributed by atoms with E-state index >= 15 is 0 Å². The number of allylic oxidation sites excluding steroid dienone is 3. The van der Waals surface area contributed by atoms with E-state index in [9.17, 15) is 14.4 Å². The molecule has 2 aromatic carbocycles. The van der Waals surface area contributed by atoms with Crippen molar-refractivity contribution in [2.75, 3.05) is 10.6 Å². The number of para-hydroxylation sites is 2. The van der Waals surface area contributed by atoms with Gasteiger partial charge in [0.15, 0.2) is 0 Å². The summed E-state index contributed by atoms with van der Waals surface area (Å²) >= 11 is 0. The van der Waals surface area contributed by atoms with Gasteiger partial charge in [-0.25, -0.2) is 9.59 Å². The van der Waals surface area contributed by atoms with Crippen molar-refractivity contribution in [2.24, 2.45) is 5.92 Å². The van der Waals surface area contributed by atoms with Crippen LogP contribution in [0.3, 0.4) is 0 Å². The Morgan fingerprint density at radius 2 is 1.40 bits per heavy atom. The van der Waals surface area contributed by atoms with Crippen molar-refractivity contribution in [3.05, 3.63) is 84.6 Å². The molecular formula is C22H21N5O3. The molecule has 1 aliphatic heterocycles. The lowest BCUT2D eigenvalue weighted by Crippen LogP contribution is -2.69. The second kappa shape index (κ2) is 8.12. The van der Waals surface area contributed by atoms with Crippen LogP contribution in [0.25, 0.3) is 0 Å². The Morgan fingerprint density at radius 3 is 1.93 bits per heavy atom. The molecule has 1 fully saturated rings. The Morgan fingerprint density at radius 1 is 0.867 bits per heavy atom. The molecule has 8 nitrogen and oxygen atoms in total. The Balaban J connectivity index is 1.57.